The molecule has 6 rings (SSSR count). The molecule has 1 N–H and O–H groups in total. The molecule has 0 spiro atoms. The quantitative estimate of drug-likeness (QED) is 0.794. The standard InChI is InChI=1S/C21H27N3O3S/c1-2-27-18-3-5-19(6-4-18)28(25,26)23-20-7-8-24(22-20)21-12-15-9-16(13-21)11-17(10-15)14-21/h3-8,15-17H,2,9-14H2,1H3,(H,22,23). The smallest absolute Gasteiger partial charge is 0.263 e. The fourth-order valence-electron chi connectivity index (χ4n) is 6.07. The highest BCUT2D eigenvalue weighted by molar-refractivity contribution is 7.92. The summed E-state index contributed by atoms with van der Waals surface area (Å²) < 4.78 is 35.5. The number of rotatable bonds is 6. The van der Waals surface area contributed by atoms with Crippen molar-refractivity contribution in [2.75, 3.05) is 11.3 Å². The SMILES string of the molecule is CCOc1ccc(S(=O)(=O)Nc2ccn(C34CC5CC(CC(C5)C3)C4)n2)cc1. The van der Waals surface area contributed by atoms with Crippen LogP contribution in [0.3, 0.4) is 0 Å². The van der Waals surface area contributed by atoms with Crippen LogP contribution in [0.4, 0.5) is 5.82 Å². The van der Waals surface area contributed by atoms with Crippen LogP contribution in [0, 0.1) is 17.8 Å². The maximum absolute atomic E-state index is 12.7. The maximum atomic E-state index is 12.7. The van der Waals surface area contributed by atoms with Gasteiger partial charge in [-0.05, 0) is 87.5 Å². The van der Waals surface area contributed by atoms with Gasteiger partial charge in [-0.25, -0.2) is 8.42 Å². The van der Waals surface area contributed by atoms with E-state index in [0.29, 0.717) is 18.2 Å². The fourth-order valence-corrected chi connectivity index (χ4v) is 7.06. The number of ether oxygens (including phenoxy) is 1. The van der Waals surface area contributed by atoms with Crippen molar-refractivity contribution in [2.45, 2.75) is 55.9 Å². The van der Waals surface area contributed by atoms with Crippen molar-refractivity contribution in [3.63, 3.8) is 0 Å². The van der Waals surface area contributed by atoms with Crippen molar-refractivity contribution in [3.8, 4) is 5.75 Å². The molecule has 0 aliphatic heterocycles. The third kappa shape index (κ3) is 3.09. The van der Waals surface area contributed by atoms with Crippen molar-refractivity contribution < 1.29 is 13.2 Å². The summed E-state index contributed by atoms with van der Waals surface area (Å²) in [5.74, 6) is 3.51. The monoisotopic (exact) mass is 401 g/mol. The molecule has 4 saturated carbocycles. The van der Waals surface area contributed by atoms with E-state index in [0.717, 1.165) is 17.8 Å². The van der Waals surface area contributed by atoms with E-state index in [4.69, 9.17) is 4.74 Å². The van der Waals surface area contributed by atoms with Crippen molar-refractivity contribution in [1.82, 2.24) is 9.78 Å². The molecular weight excluding hydrogens is 374 g/mol. The van der Waals surface area contributed by atoms with Crippen molar-refractivity contribution >= 4 is 15.8 Å². The largest absolute Gasteiger partial charge is 0.494 e. The molecule has 1 aromatic carbocycles. The summed E-state index contributed by atoms with van der Waals surface area (Å²) in [5, 5.41) is 4.66. The lowest BCUT2D eigenvalue weighted by Gasteiger charge is -2.56. The second kappa shape index (κ2) is 6.51. The molecule has 6 nitrogen and oxygen atoms in total. The second-order valence-corrected chi connectivity index (χ2v) is 10.5. The van der Waals surface area contributed by atoms with Crippen LogP contribution < -0.4 is 9.46 Å². The Morgan fingerprint density at radius 3 is 2.25 bits per heavy atom. The third-order valence-electron chi connectivity index (χ3n) is 6.76. The number of anilines is 1. The van der Waals surface area contributed by atoms with Gasteiger partial charge in [0.25, 0.3) is 10.0 Å². The molecule has 4 aliphatic carbocycles. The number of sulfonamides is 1. The van der Waals surface area contributed by atoms with Crippen LogP contribution in [-0.2, 0) is 15.6 Å². The van der Waals surface area contributed by atoms with Crippen LogP contribution >= 0.6 is 0 Å². The number of nitrogens with one attached hydrogen (secondary N) is 1. The molecule has 28 heavy (non-hydrogen) atoms. The Labute approximate surface area is 166 Å². The fraction of sp³-hybridized carbons (Fsp3) is 0.571. The summed E-state index contributed by atoms with van der Waals surface area (Å²) in [7, 11) is -3.67. The van der Waals surface area contributed by atoms with Gasteiger partial charge in [0.1, 0.15) is 5.75 Å². The molecule has 0 amide bonds. The zero-order valence-corrected chi connectivity index (χ0v) is 17.0. The summed E-state index contributed by atoms with van der Waals surface area (Å²) in [5.41, 5.74) is 0.0948. The summed E-state index contributed by atoms with van der Waals surface area (Å²) in [4.78, 5) is 0.209. The van der Waals surface area contributed by atoms with E-state index < -0.39 is 10.0 Å². The van der Waals surface area contributed by atoms with Gasteiger partial charge in [-0.3, -0.25) is 9.40 Å². The Morgan fingerprint density at radius 1 is 1.07 bits per heavy atom. The molecule has 1 heterocycles. The second-order valence-electron chi connectivity index (χ2n) is 8.80. The van der Waals surface area contributed by atoms with Crippen LogP contribution in [0.25, 0.3) is 0 Å². The molecule has 7 heteroatoms. The Morgan fingerprint density at radius 2 is 1.68 bits per heavy atom. The van der Waals surface area contributed by atoms with E-state index in [2.05, 4.69) is 14.5 Å². The van der Waals surface area contributed by atoms with Crippen molar-refractivity contribution in [2.24, 2.45) is 17.8 Å². The zero-order chi connectivity index (χ0) is 19.4. The highest BCUT2D eigenvalue weighted by Crippen LogP contribution is 2.58. The molecular formula is C21H27N3O3S. The molecule has 0 radical (unpaired) electrons. The third-order valence-corrected chi connectivity index (χ3v) is 8.14. The first-order valence-corrected chi connectivity index (χ1v) is 11.8. The van der Waals surface area contributed by atoms with Gasteiger partial charge < -0.3 is 4.74 Å². The Bertz CT molecular complexity index is 930. The van der Waals surface area contributed by atoms with Gasteiger partial charge in [0.2, 0.25) is 0 Å². The first kappa shape index (κ1) is 18.0. The first-order chi connectivity index (χ1) is 13.5. The van der Waals surface area contributed by atoms with Gasteiger partial charge in [0, 0.05) is 12.3 Å². The number of hydrogen-bond donors (Lipinski definition) is 1. The van der Waals surface area contributed by atoms with Gasteiger partial charge in [-0.15, -0.1) is 0 Å². The maximum Gasteiger partial charge on any atom is 0.263 e. The number of benzene rings is 1. The minimum Gasteiger partial charge on any atom is -0.494 e. The van der Waals surface area contributed by atoms with Crippen molar-refractivity contribution in [3.05, 3.63) is 36.5 Å². The lowest BCUT2D eigenvalue weighted by molar-refractivity contribution is -0.0492. The zero-order valence-electron chi connectivity index (χ0n) is 16.2. The van der Waals surface area contributed by atoms with Crippen LogP contribution in [-0.4, -0.2) is 24.8 Å². The minimum atomic E-state index is -3.67. The molecule has 2 aromatic rings. The predicted molar refractivity (Wildman–Crippen MR) is 107 cm³/mol. The van der Waals surface area contributed by atoms with Gasteiger partial charge >= 0.3 is 0 Å². The van der Waals surface area contributed by atoms with E-state index in [1.165, 1.54) is 38.5 Å². The molecule has 0 saturated heterocycles. The van der Waals surface area contributed by atoms with Crippen LogP contribution in [0.1, 0.15) is 45.4 Å². The molecule has 0 atom stereocenters. The summed E-state index contributed by atoms with van der Waals surface area (Å²) in [6.45, 7) is 2.44. The first-order valence-electron chi connectivity index (χ1n) is 10.3. The van der Waals surface area contributed by atoms with E-state index in [1.807, 2.05) is 13.1 Å². The van der Waals surface area contributed by atoms with E-state index in [1.54, 1.807) is 30.3 Å². The number of aromatic nitrogens is 2. The molecule has 0 unspecified atom stereocenters. The molecule has 4 bridgehead atoms. The lowest BCUT2D eigenvalue weighted by Crippen LogP contribution is -2.52. The van der Waals surface area contributed by atoms with Crippen LogP contribution in [0.15, 0.2) is 41.4 Å². The Kier molecular flexibility index (Phi) is 4.19. The van der Waals surface area contributed by atoms with Crippen LogP contribution in [0.2, 0.25) is 0 Å². The number of hydrogen-bond acceptors (Lipinski definition) is 4. The molecule has 4 fully saturated rings. The van der Waals surface area contributed by atoms with E-state index in [9.17, 15) is 8.42 Å². The van der Waals surface area contributed by atoms with Gasteiger partial charge in [0.15, 0.2) is 5.82 Å². The summed E-state index contributed by atoms with van der Waals surface area (Å²) in [6.07, 6.45) is 9.64. The average molecular weight is 402 g/mol. The van der Waals surface area contributed by atoms with Gasteiger partial charge in [0.05, 0.1) is 17.0 Å². The number of nitrogens with zero attached hydrogens (tertiary/aromatic N) is 2. The van der Waals surface area contributed by atoms with Gasteiger partial charge in [-0.1, -0.05) is 0 Å². The minimum absolute atomic E-state index is 0.0948. The topological polar surface area (TPSA) is 73.2 Å². The highest BCUT2D eigenvalue weighted by Gasteiger charge is 2.52. The Balaban J connectivity index is 1.35. The molecule has 1 aromatic heterocycles. The van der Waals surface area contributed by atoms with Crippen molar-refractivity contribution in [1.29, 1.82) is 0 Å². The molecule has 4 aliphatic rings. The van der Waals surface area contributed by atoms with E-state index >= 15 is 0 Å². The summed E-state index contributed by atoms with van der Waals surface area (Å²) in [6, 6.07) is 8.25. The van der Waals surface area contributed by atoms with Crippen LogP contribution in [0.5, 0.6) is 5.75 Å². The predicted octanol–water partition coefficient (Wildman–Crippen LogP) is 4.01. The van der Waals surface area contributed by atoms with Gasteiger partial charge in [-0.2, -0.15) is 5.10 Å². The van der Waals surface area contributed by atoms with E-state index in [-0.39, 0.29) is 10.4 Å². The highest BCUT2D eigenvalue weighted by atomic mass is 32.2. The average Bonchev–Trinajstić information content (AvgIpc) is 3.10. The molecule has 150 valence electrons. The lowest BCUT2D eigenvalue weighted by atomic mass is 9.53. The Hall–Kier alpha value is -2.02. The normalized spacial score (nSPS) is 31.1. The summed E-state index contributed by atoms with van der Waals surface area (Å²) >= 11 is 0.